The third-order valence-corrected chi connectivity index (χ3v) is 5.24. The summed E-state index contributed by atoms with van der Waals surface area (Å²) in [4.78, 5) is 10.7. The summed E-state index contributed by atoms with van der Waals surface area (Å²) >= 11 is 0. The lowest BCUT2D eigenvalue weighted by Crippen LogP contribution is -2.55. The van der Waals surface area contributed by atoms with Crippen LogP contribution in [0.15, 0.2) is 35.9 Å². The first kappa shape index (κ1) is 14.3. The number of nitro groups is 1. The molecule has 21 heavy (non-hydrogen) atoms. The van der Waals surface area contributed by atoms with Crippen LogP contribution < -0.4 is 5.32 Å². The summed E-state index contributed by atoms with van der Waals surface area (Å²) in [6.45, 7) is 6.67. The molecule has 1 N–H and O–H groups in total. The quantitative estimate of drug-likeness (QED) is 0.508. The molecule has 112 valence electrons. The largest absolute Gasteiger partial charge is 0.304 e. The summed E-state index contributed by atoms with van der Waals surface area (Å²) in [5.41, 5.74) is 2.66. The maximum Gasteiger partial charge on any atom is 0.269 e. The van der Waals surface area contributed by atoms with Crippen LogP contribution in [-0.2, 0) is 0 Å². The monoisotopic (exact) mass is 286 g/mol. The molecule has 0 unspecified atom stereocenters. The second kappa shape index (κ2) is 4.95. The fourth-order valence-corrected chi connectivity index (χ4v) is 3.82. The minimum atomic E-state index is -0.316. The molecule has 1 aromatic carbocycles. The van der Waals surface area contributed by atoms with Crippen molar-refractivity contribution in [3.8, 4) is 0 Å². The number of fused-ring (bicyclic) bond motifs is 2. The van der Waals surface area contributed by atoms with Crippen LogP contribution in [-0.4, -0.2) is 10.5 Å². The Morgan fingerprint density at radius 3 is 2.86 bits per heavy atom. The fraction of sp³-hybridized carbons (Fsp3) is 0.529. The van der Waals surface area contributed by atoms with Gasteiger partial charge in [0.2, 0.25) is 0 Å². The van der Waals surface area contributed by atoms with Gasteiger partial charge in [-0.1, -0.05) is 23.8 Å². The number of piperidine rings is 1. The zero-order chi connectivity index (χ0) is 15.2. The standard InChI is InChI=1S/C17H22N2O2/c1-11-7-8-13-10-15(11)16(18-17(13,2)3)12-5-4-6-14(9-12)19(20)21/h4-7,9,13,15-16,18H,8,10H2,1-3H3/t13-,15-,16+/m1/s1. The smallest absolute Gasteiger partial charge is 0.269 e. The van der Waals surface area contributed by atoms with Gasteiger partial charge in [0.05, 0.1) is 4.92 Å². The predicted octanol–water partition coefficient (Wildman–Crippen LogP) is 3.99. The number of non-ortho nitro benzene ring substituents is 1. The van der Waals surface area contributed by atoms with E-state index in [-0.39, 0.29) is 22.2 Å². The van der Waals surface area contributed by atoms with Gasteiger partial charge in [-0.2, -0.15) is 0 Å². The van der Waals surface area contributed by atoms with Crippen LogP contribution in [0.2, 0.25) is 0 Å². The molecule has 1 aromatic rings. The highest BCUT2D eigenvalue weighted by molar-refractivity contribution is 5.38. The van der Waals surface area contributed by atoms with E-state index in [4.69, 9.17) is 0 Å². The topological polar surface area (TPSA) is 55.2 Å². The van der Waals surface area contributed by atoms with Gasteiger partial charge < -0.3 is 5.32 Å². The van der Waals surface area contributed by atoms with Crippen molar-refractivity contribution < 1.29 is 4.92 Å². The highest BCUT2D eigenvalue weighted by Gasteiger charge is 2.44. The summed E-state index contributed by atoms with van der Waals surface area (Å²) in [6.07, 6.45) is 4.64. The highest BCUT2D eigenvalue weighted by Crippen LogP contribution is 2.47. The lowest BCUT2D eigenvalue weighted by molar-refractivity contribution is -0.384. The molecule has 0 aromatic heterocycles. The molecule has 0 radical (unpaired) electrons. The molecule has 0 spiro atoms. The van der Waals surface area contributed by atoms with E-state index in [1.54, 1.807) is 18.2 Å². The Bertz CT molecular complexity index is 607. The van der Waals surface area contributed by atoms with Crippen LogP contribution in [0, 0.1) is 22.0 Å². The van der Waals surface area contributed by atoms with Crippen LogP contribution in [0.1, 0.15) is 45.2 Å². The minimum absolute atomic E-state index is 0.0585. The molecule has 2 bridgehead atoms. The van der Waals surface area contributed by atoms with Gasteiger partial charge in [0, 0.05) is 23.7 Å². The highest BCUT2D eigenvalue weighted by atomic mass is 16.6. The third-order valence-electron chi connectivity index (χ3n) is 5.24. The van der Waals surface area contributed by atoms with Gasteiger partial charge in [0.25, 0.3) is 5.69 Å². The number of allylic oxidation sites excluding steroid dienone is 1. The molecular weight excluding hydrogens is 264 g/mol. The van der Waals surface area contributed by atoms with Crippen molar-refractivity contribution in [2.24, 2.45) is 11.8 Å². The maximum absolute atomic E-state index is 11.0. The molecular formula is C17H22N2O2. The maximum atomic E-state index is 11.0. The van der Waals surface area contributed by atoms with E-state index in [9.17, 15) is 10.1 Å². The van der Waals surface area contributed by atoms with E-state index in [1.165, 1.54) is 5.57 Å². The Morgan fingerprint density at radius 2 is 2.14 bits per heavy atom. The molecule has 2 aliphatic rings. The van der Waals surface area contributed by atoms with E-state index < -0.39 is 0 Å². The van der Waals surface area contributed by atoms with Crippen LogP contribution in [0.5, 0.6) is 0 Å². The zero-order valence-electron chi connectivity index (χ0n) is 12.8. The summed E-state index contributed by atoms with van der Waals surface area (Å²) in [5, 5.41) is 14.8. The van der Waals surface area contributed by atoms with Crippen LogP contribution in [0.25, 0.3) is 0 Å². The van der Waals surface area contributed by atoms with Gasteiger partial charge in [-0.25, -0.2) is 0 Å². The Balaban J connectivity index is 2.00. The number of nitrogens with one attached hydrogen (secondary N) is 1. The van der Waals surface area contributed by atoms with Crippen LogP contribution in [0.3, 0.4) is 0 Å². The van der Waals surface area contributed by atoms with E-state index in [0.29, 0.717) is 11.8 Å². The molecule has 1 aliphatic heterocycles. The number of hydrogen-bond donors (Lipinski definition) is 1. The molecule has 3 atom stereocenters. The Kier molecular flexibility index (Phi) is 3.36. The Hall–Kier alpha value is -1.68. The van der Waals surface area contributed by atoms with Crippen LogP contribution in [0.4, 0.5) is 5.69 Å². The number of nitro benzene ring substituents is 1. The summed E-state index contributed by atoms with van der Waals surface area (Å²) in [7, 11) is 0. The molecule has 0 saturated carbocycles. The number of hydrogen-bond acceptors (Lipinski definition) is 3. The molecule has 1 saturated heterocycles. The normalized spacial score (nSPS) is 30.6. The van der Waals surface area contributed by atoms with Gasteiger partial charge in [0.1, 0.15) is 0 Å². The third kappa shape index (κ3) is 2.48. The molecule has 4 nitrogen and oxygen atoms in total. The average molecular weight is 286 g/mol. The van der Waals surface area contributed by atoms with Gasteiger partial charge in [-0.15, -0.1) is 0 Å². The molecule has 1 heterocycles. The Labute approximate surface area is 125 Å². The van der Waals surface area contributed by atoms with Crippen molar-refractivity contribution in [2.75, 3.05) is 0 Å². The van der Waals surface area contributed by atoms with E-state index in [0.717, 1.165) is 18.4 Å². The van der Waals surface area contributed by atoms with Crippen molar-refractivity contribution in [1.29, 1.82) is 0 Å². The predicted molar refractivity (Wildman–Crippen MR) is 83.0 cm³/mol. The van der Waals surface area contributed by atoms with Gasteiger partial charge in [0.15, 0.2) is 0 Å². The first-order valence-corrected chi connectivity index (χ1v) is 7.57. The molecule has 1 fully saturated rings. The molecule has 1 aliphatic carbocycles. The van der Waals surface area contributed by atoms with Crippen molar-refractivity contribution in [2.45, 2.75) is 45.2 Å². The second-order valence-electron chi connectivity index (χ2n) is 6.92. The number of benzene rings is 1. The molecule has 3 rings (SSSR count). The van der Waals surface area contributed by atoms with Gasteiger partial charge in [-0.05, 0) is 51.0 Å². The zero-order valence-corrected chi connectivity index (χ0v) is 12.8. The Morgan fingerprint density at radius 1 is 1.38 bits per heavy atom. The van der Waals surface area contributed by atoms with E-state index in [2.05, 4.69) is 32.2 Å². The van der Waals surface area contributed by atoms with Crippen molar-refractivity contribution in [3.05, 3.63) is 51.6 Å². The number of nitrogens with zero attached hydrogens (tertiary/aromatic N) is 1. The number of rotatable bonds is 2. The summed E-state index contributed by atoms with van der Waals surface area (Å²) < 4.78 is 0. The lowest BCUT2D eigenvalue weighted by atomic mass is 9.65. The van der Waals surface area contributed by atoms with Crippen molar-refractivity contribution >= 4 is 5.69 Å². The lowest BCUT2D eigenvalue weighted by Gasteiger charge is -2.50. The van der Waals surface area contributed by atoms with Crippen molar-refractivity contribution in [1.82, 2.24) is 5.32 Å². The molecule has 4 heteroatoms. The van der Waals surface area contributed by atoms with Gasteiger partial charge >= 0.3 is 0 Å². The van der Waals surface area contributed by atoms with Crippen LogP contribution >= 0.6 is 0 Å². The molecule has 0 amide bonds. The summed E-state index contributed by atoms with van der Waals surface area (Å²) in [6, 6.07) is 7.23. The average Bonchev–Trinajstić information content (AvgIpc) is 2.45. The van der Waals surface area contributed by atoms with E-state index >= 15 is 0 Å². The SMILES string of the molecule is CC1=CC[C@@H]2C[C@H]1[C@H](c1cccc([N+](=O)[O-])c1)NC2(C)C. The second-order valence-corrected chi connectivity index (χ2v) is 6.92. The van der Waals surface area contributed by atoms with Gasteiger partial charge in [-0.3, -0.25) is 10.1 Å². The summed E-state index contributed by atoms with van der Waals surface area (Å²) in [5.74, 6) is 1.08. The minimum Gasteiger partial charge on any atom is -0.304 e. The van der Waals surface area contributed by atoms with E-state index in [1.807, 2.05) is 6.07 Å². The van der Waals surface area contributed by atoms with Crippen molar-refractivity contribution in [3.63, 3.8) is 0 Å². The fourth-order valence-electron chi connectivity index (χ4n) is 3.82. The first-order valence-electron chi connectivity index (χ1n) is 7.57. The first-order chi connectivity index (χ1) is 9.88.